The smallest absolute Gasteiger partial charge is 0.246 e. The third kappa shape index (κ3) is 3.59. The highest BCUT2D eigenvalue weighted by Crippen LogP contribution is 2.12. The van der Waals surface area contributed by atoms with Gasteiger partial charge in [0.1, 0.15) is 0 Å². The lowest BCUT2D eigenvalue weighted by Gasteiger charge is -2.29. The highest BCUT2D eigenvalue weighted by atomic mass is 35.5. The van der Waals surface area contributed by atoms with E-state index in [-0.39, 0.29) is 12.0 Å². The normalized spacial score (nSPS) is 20.3. The van der Waals surface area contributed by atoms with Crippen molar-refractivity contribution in [3.8, 4) is 0 Å². The second kappa shape index (κ2) is 6.03. The first-order valence-corrected chi connectivity index (χ1v) is 6.43. The molecule has 1 fully saturated rings. The van der Waals surface area contributed by atoms with Gasteiger partial charge < -0.3 is 10.0 Å². The summed E-state index contributed by atoms with van der Waals surface area (Å²) in [6.45, 7) is 1.16. The van der Waals surface area contributed by atoms with E-state index in [0.29, 0.717) is 11.6 Å². The Morgan fingerprint density at radius 1 is 1.39 bits per heavy atom. The van der Waals surface area contributed by atoms with Crippen LogP contribution in [0, 0.1) is 0 Å². The van der Waals surface area contributed by atoms with Crippen molar-refractivity contribution in [3.63, 3.8) is 0 Å². The van der Waals surface area contributed by atoms with Gasteiger partial charge in [0.25, 0.3) is 0 Å². The van der Waals surface area contributed by atoms with Crippen LogP contribution in [0.3, 0.4) is 0 Å². The maximum atomic E-state index is 11.9. The topological polar surface area (TPSA) is 40.5 Å². The highest BCUT2D eigenvalue weighted by molar-refractivity contribution is 6.30. The molecule has 1 aromatic rings. The summed E-state index contributed by atoms with van der Waals surface area (Å²) >= 11 is 5.79. The van der Waals surface area contributed by atoms with Crippen LogP contribution in [0.25, 0.3) is 6.08 Å². The van der Waals surface area contributed by atoms with Gasteiger partial charge in [-0.15, -0.1) is 0 Å². The Morgan fingerprint density at radius 3 is 2.78 bits per heavy atom. The van der Waals surface area contributed by atoms with E-state index >= 15 is 0 Å². The van der Waals surface area contributed by atoms with Gasteiger partial charge >= 0.3 is 0 Å². The van der Waals surface area contributed by atoms with Crippen LogP contribution in [-0.2, 0) is 4.79 Å². The van der Waals surface area contributed by atoms with Crippen molar-refractivity contribution in [1.82, 2.24) is 4.90 Å². The Morgan fingerprint density at radius 2 is 2.11 bits per heavy atom. The molecule has 1 amide bonds. The van der Waals surface area contributed by atoms with Gasteiger partial charge in [0.15, 0.2) is 0 Å². The predicted molar refractivity (Wildman–Crippen MR) is 72.3 cm³/mol. The van der Waals surface area contributed by atoms with E-state index in [9.17, 15) is 9.90 Å². The van der Waals surface area contributed by atoms with Crippen molar-refractivity contribution in [2.45, 2.75) is 18.9 Å². The molecule has 0 aliphatic carbocycles. The zero-order valence-corrected chi connectivity index (χ0v) is 10.8. The number of aliphatic hydroxyl groups excluding tert-OH is 1. The molecule has 1 aliphatic heterocycles. The molecule has 2 rings (SSSR count). The Labute approximate surface area is 112 Å². The average Bonchev–Trinajstić information content (AvgIpc) is 2.38. The fourth-order valence-electron chi connectivity index (χ4n) is 2.00. The molecule has 0 radical (unpaired) electrons. The second-order valence-electron chi connectivity index (χ2n) is 4.47. The molecule has 1 N–H and O–H groups in total. The fraction of sp³-hybridized carbons (Fsp3) is 0.357. The molecule has 1 aromatic carbocycles. The molecule has 4 heteroatoms. The van der Waals surface area contributed by atoms with Gasteiger partial charge in [-0.1, -0.05) is 23.7 Å². The molecule has 0 bridgehead atoms. The largest absolute Gasteiger partial charge is 0.391 e. The molecule has 1 aliphatic rings. The van der Waals surface area contributed by atoms with E-state index in [1.807, 2.05) is 12.1 Å². The summed E-state index contributed by atoms with van der Waals surface area (Å²) < 4.78 is 0. The van der Waals surface area contributed by atoms with Gasteiger partial charge in [0.2, 0.25) is 5.91 Å². The first kappa shape index (κ1) is 13.1. The number of carbonyl (C=O) groups is 1. The molecule has 96 valence electrons. The summed E-state index contributed by atoms with van der Waals surface area (Å²) in [6.07, 6.45) is 4.57. The quantitative estimate of drug-likeness (QED) is 0.834. The number of likely N-dealkylation sites (tertiary alicyclic amines) is 1. The average molecular weight is 266 g/mol. The standard InChI is InChI=1S/C14H16ClNO2/c15-12-6-3-11(4-7-12)5-8-14(18)16-9-1-2-13(17)10-16/h3-8,13,17H,1-2,9-10H2/b8-5+/t13-/m0/s1. The summed E-state index contributed by atoms with van der Waals surface area (Å²) in [5.74, 6) is -0.0521. The van der Waals surface area contributed by atoms with Crippen LogP contribution in [0.5, 0.6) is 0 Å². The summed E-state index contributed by atoms with van der Waals surface area (Å²) in [5, 5.41) is 10.2. The van der Waals surface area contributed by atoms with Crippen molar-refractivity contribution in [2.75, 3.05) is 13.1 Å². The van der Waals surface area contributed by atoms with Crippen molar-refractivity contribution >= 4 is 23.6 Å². The van der Waals surface area contributed by atoms with Crippen LogP contribution in [0.4, 0.5) is 0 Å². The van der Waals surface area contributed by atoms with Crippen LogP contribution in [0.2, 0.25) is 5.02 Å². The lowest BCUT2D eigenvalue weighted by Crippen LogP contribution is -2.41. The van der Waals surface area contributed by atoms with Gasteiger partial charge in [-0.2, -0.15) is 0 Å². The van der Waals surface area contributed by atoms with E-state index < -0.39 is 0 Å². The van der Waals surface area contributed by atoms with Crippen LogP contribution in [0.1, 0.15) is 18.4 Å². The molecule has 1 atom stereocenters. The number of piperidine rings is 1. The highest BCUT2D eigenvalue weighted by Gasteiger charge is 2.20. The lowest BCUT2D eigenvalue weighted by molar-refractivity contribution is -0.128. The van der Waals surface area contributed by atoms with Gasteiger partial charge in [-0.3, -0.25) is 4.79 Å². The minimum atomic E-state index is -0.383. The number of β-amino-alcohol motifs (C(OH)–C–C–N with tert-alkyl or cyclic N) is 1. The molecule has 0 unspecified atom stereocenters. The van der Waals surface area contributed by atoms with Gasteiger partial charge in [0.05, 0.1) is 6.10 Å². The van der Waals surface area contributed by atoms with E-state index in [2.05, 4.69) is 0 Å². The fourth-order valence-corrected chi connectivity index (χ4v) is 2.13. The zero-order valence-electron chi connectivity index (χ0n) is 10.1. The van der Waals surface area contributed by atoms with Crippen molar-refractivity contribution in [3.05, 3.63) is 40.9 Å². The van der Waals surface area contributed by atoms with Crippen molar-refractivity contribution in [1.29, 1.82) is 0 Å². The van der Waals surface area contributed by atoms with Crippen LogP contribution < -0.4 is 0 Å². The minimum Gasteiger partial charge on any atom is -0.391 e. The molecule has 18 heavy (non-hydrogen) atoms. The monoisotopic (exact) mass is 265 g/mol. The molecule has 1 heterocycles. The maximum absolute atomic E-state index is 11.9. The number of halogens is 1. The number of rotatable bonds is 2. The lowest BCUT2D eigenvalue weighted by atomic mass is 10.1. The van der Waals surface area contributed by atoms with Crippen LogP contribution >= 0.6 is 11.6 Å². The summed E-state index contributed by atoms with van der Waals surface area (Å²) in [5.41, 5.74) is 0.935. The maximum Gasteiger partial charge on any atom is 0.246 e. The molecule has 0 saturated carbocycles. The van der Waals surface area contributed by atoms with Crippen molar-refractivity contribution in [2.24, 2.45) is 0 Å². The van der Waals surface area contributed by atoms with Crippen LogP contribution in [0.15, 0.2) is 30.3 Å². The number of benzene rings is 1. The SMILES string of the molecule is O=C(/C=C/c1ccc(Cl)cc1)N1CCC[C@H](O)C1. The number of amides is 1. The number of nitrogens with zero attached hydrogens (tertiary/aromatic N) is 1. The summed E-state index contributed by atoms with van der Waals surface area (Å²) in [4.78, 5) is 13.6. The number of hydrogen-bond acceptors (Lipinski definition) is 2. The molecule has 3 nitrogen and oxygen atoms in total. The third-order valence-corrected chi connectivity index (χ3v) is 3.25. The minimum absolute atomic E-state index is 0.0521. The van der Waals surface area contributed by atoms with Crippen molar-refractivity contribution < 1.29 is 9.90 Å². The number of aliphatic hydroxyl groups is 1. The molecular formula is C14H16ClNO2. The summed E-state index contributed by atoms with van der Waals surface area (Å²) in [6, 6.07) is 7.29. The van der Waals surface area contributed by atoms with Gasteiger partial charge in [-0.05, 0) is 36.6 Å². The number of hydrogen-bond donors (Lipinski definition) is 1. The van der Waals surface area contributed by atoms with E-state index in [1.165, 1.54) is 0 Å². The van der Waals surface area contributed by atoms with Gasteiger partial charge in [-0.25, -0.2) is 0 Å². The summed E-state index contributed by atoms with van der Waals surface area (Å²) in [7, 11) is 0. The molecule has 0 spiro atoms. The number of carbonyl (C=O) groups excluding carboxylic acids is 1. The van der Waals surface area contributed by atoms with Crippen LogP contribution in [-0.4, -0.2) is 35.1 Å². The van der Waals surface area contributed by atoms with E-state index in [4.69, 9.17) is 11.6 Å². The Balaban J connectivity index is 1.96. The van der Waals surface area contributed by atoms with E-state index in [1.54, 1.807) is 29.2 Å². The zero-order chi connectivity index (χ0) is 13.0. The Bertz CT molecular complexity index is 442. The first-order valence-electron chi connectivity index (χ1n) is 6.06. The third-order valence-electron chi connectivity index (χ3n) is 3.00. The predicted octanol–water partition coefficient (Wildman–Crippen LogP) is 2.34. The van der Waals surface area contributed by atoms with Gasteiger partial charge in [0, 0.05) is 24.2 Å². The molecule has 0 aromatic heterocycles. The molecular weight excluding hydrogens is 250 g/mol. The Kier molecular flexibility index (Phi) is 4.39. The second-order valence-corrected chi connectivity index (χ2v) is 4.90. The molecule has 1 saturated heterocycles. The van der Waals surface area contributed by atoms with E-state index in [0.717, 1.165) is 24.9 Å². The Hall–Kier alpha value is -1.32. The first-order chi connectivity index (χ1) is 8.65.